The molecule has 0 atom stereocenters. The third-order valence-electron chi connectivity index (χ3n) is 7.09. The lowest BCUT2D eigenvalue weighted by Crippen LogP contribution is -2.55. The third-order valence-corrected chi connectivity index (χ3v) is 7.46. The predicted molar refractivity (Wildman–Crippen MR) is 142 cm³/mol. The first kappa shape index (κ1) is 24.7. The summed E-state index contributed by atoms with van der Waals surface area (Å²) in [4.78, 5) is 41.5. The van der Waals surface area contributed by atoms with Crippen molar-refractivity contribution in [1.82, 2.24) is 9.97 Å². The van der Waals surface area contributed by atoms with E-state index in [0.29, 0.717) is 42.6 Å². The Morgan fingerprint density at radius 3 is 2.68 bits per heavy atom. The molecule has 1 spiro atoms. The summed E-state index contributed by atoms with van der Waals surface area (Å²) in [5, 5.41) is 0.253. The molecule has 5 rings (SSSR count). The Hall–Kier alpha value is -4.03. The number of aromatic nitrogens is 2. The summed E-state index contributed by atoms with van der Waals surface area (Å²) in [5.41, 5.74) is 1.78. The van der Waals surface area contributed by atoms with Crippen molar-refractivity contribution in [2.75, 3.05) is 9.80 Å². The normalized spacial score (nSPS) is 16.1. The van der Waals surface area contributed by atoms with Crippen LogP contribution in [0.1, 0.15) is 53.6 Å². The fourth-order valence-electron chi connectivity index (χ4n) is 5.00. The van der Waals surface area contributed by atoms with E-state index in [9.17, 15) is 14.0 Å². The summed E-state index contributed by atoms with van der Waals surface area (Å²) in [5.74, 6) is -0.801. The Morgan fingerprint density at radius 1 is 1.22 bits per heavy atom. The molecule has 1 saturated heterocycles. The Labute approximate surface area is 219 Å². The number of pyridine rings is 2. The van der Waals surface area contributed by atoms with Crippen molar-refractivity contribution in [1.29, 1.82) is 0 Å². The zero-order chi connectivity index (χ0) is 26.2. The van der Waals surface area contributed by atoms with Gasteiger partial charge in [0.2, 0.25) is 0 Å². The van der Waals surface area contributed by atoms with Crippen LogP contribution < -0.4 is 9.80 Å². The standard InChI is InChI=1S/C28H24FN5O2S/c1-18-14-21(17-32-25(18)30-2)33-26(36)28(11-5-12-28)34(27(33)37)20-9-10-23(29)22(15-20)24(35)8-3-6-19-7-4-13-31-16-19/h4,7,9-10,13-17H,3,5-6,8,11-12H2,1H3. The van der Waals surface area contributed by atoms with E-state index in [-0.39, 0.29) is 34.6 Å². The number of hydrogen-bond donors (Lipinski definition) is 0. The summed E-state index contributed by atoms with van der Waals surface area (Å²) >= 11 is 5.78. The molecule has 37 heavy (non-hydrogen) atoms. The van der Waals surface area contributed by atoms with Crippen LogP contribution in [-0.2, 0) is 11.2 Å². The summed E-state index contributed by atoms with van der Waals surface area (Å²) in [6, 6.07) is 9.86. The number of thiocarbonyl (C=S) groups is 1. The molecule has 1 saturated carbocycles. The minimum atomic E-state index is -0.873. The SMILES string of the molecule is [C-]#[N+]c1ncc(N2C(=O)C3(CCC3)N(c3ccc(F)c(C(=O)CCCc4cccnc4)c3)C2=S)cc1C. The van der Waals surface area contributed by atoms with Crippen LogP contribution in [0.5, 0.6) is 0 Å². The smallest absolute Gasteiger partial charge is 0.272 e. The Morgan fingerprint density at radius 2 is 2.03 bits per heavy atom. The molecule has 2 fully saturated rings. The predicted octanol–water partition coefficient (Wildman–Crippen LogP) is 5.74. The number of carbonyl (C=O) groups excluding carboxylic acids is 2. The highest BCUT2D eigenvalue weighted by Crippen LogP contribution is 2.48. The molecule has 1 aromatic carbocycles. The molecule has 1 aliphatic carbocycles. The molecule has 0 unspecified atom stereocenters. The molecule has 0 radical (unpaired) electrons. The summed E-state index contributed by atoms with van der Waals surface area (Å²) < 4.78 is 14.8. The molecular weight excluding hydrogens is 489 g/mol. The molecule has 186 valence electrons. The van der Waals surface area contributed by atoms with Gasteiger partial charge in [0.25, 0.3) is 11.7 Å². The van der Waals surface area contributed by atoms with E-state index >= 15 is 0 Å². The molecule has 9 heteroatoms. The van der Waals surface area contributed by atoms with Crippen LogP contribution in [0, 0.1) is 19.3 Å². The van der Waals surface area contributed by atoms with Gasteiger partial charge in [0.05, 0.1) is 11.3 Å². The fraction of sp³-hybridized carbons (Fsp3) is 0.286. The lowest BCUT2D eigenvalue weighted by atomic mass is 9.75. The van der Waals surface area contributed by atoms with E-state index in [1.165, 1.54) is 23.2 Å². The van der Waals surface area contributed by atoms with Gasteiger partial charge in [-0.2, -0.15) is 0 Å². The number of amides is 1. The summed E-state index contributed by atoms with van der Waals surface area (Å²) in [6.07, 6.45) is 8.40. The highest BCUT2D eigenvalue weighted by molar-refractivity contribution is 7.81. The Bertz CT molecular complexity index is 1450. The molecule has 3 heterocycles. The van der Waals surface area contributed by atoms with Crippen molar-refractivity contribution in [2.45, 2.75) is 51.0 Å². The average Bonchev–Trinajstić information content (AvgIpc) is 3.11. The number of aryl methyl sites for hydroxylation is 2. The van der Waals surface area contributed by atoms with Gasteiger partial charge in [-0.05, 0) is 92.7 Å². The summed E-state index contributed by atoms with van der Waals surface area (Å²) in [7, 11) is 0. The largest absolute Gasteiger partial charge is 0.360 e. The van der Waals surface area contributed by atoms with E-state index in [0.717, 1.165) is 12.0 Å². The van der Waals surface area contributed by atoms with Crippen LogP contribution in [0.2, 0.25) is 0 Å². The highest BCUT2D eigenvalue weighted by Gasteiger charge is 2.59. The van der Waals surface area contributed by atoms with Gasteiger partial charge in [0.1, 0.15) is 17.6 Å². The molecule has 2 aromatic heterocycles. The lowest BCUT2D eigenvalue weighted by molar-refractivity contribution is -0.123. The molecule has 3 aromatic rings. The van der Waals surface area contributed by atoms with Gasteiger partial charge in [-0.3, -0.25) is 19.5 Å². The van der Waals surface area contributed by atoms with Crippen molar-refractivity contribution in [2.24, 2.45) is 0 Å². The van der Waals surface area contributed by atoms with Gasteiger partial charge < -0.3 is 9.74 Å². The highest BCUT2D eigenvalue weighted by atomic mass is 32.1. The maximum Gasteiger partial charge on any atom is 0.272 e. The molecule has 2 aliphatic rings. The number of nitrogens with zero attached hydrogens (tertiary/aromatic N) is 5. The second kappa shape index (κ2) is 9.79. The topological polar surface area (TPSA) is 70.8 Å². The maximum absolute atomic E-state index is 14.8. The first-order valence-electron chi connectivity index (χ1n) is 12.1. The number of halogens is 1. The average molecular weight is 514 g/mol. The molecule has 0 bridgehead atoms. The quantitative estimate of drug-likeness (QED) is 0.228. The van der Waals surface area contributed by atoms with E-state index in [4.69, 9.17) is 18.8 Å². The van der Waals surface area contributed by atoms with E-state index in [1.807, 2.05) is 12.1 Å². The van der Waals surface area contributed by atoms with Gasteiger partial charge in [-0.15, -0.1) is 4.98 Å². The van der Waals surface area contributed by atoms with Gasteiger partial charge in [0, 0.05) is 24.5 Å². The second-order valence-electron chi connectivity index (χ2n) is 9.39. The minimum absolute atomic E-state index is 0.00854. The molecular formula is C28H24FN5O2S. The number of Topliss-reactive ketones (excluding diaryl/α,β-unsaturated/α-hetero) is 1. The number of anilines is 2. The molecule has 7 nitrogen and oxygen atoms in total. The van der Waals surface area contributed by atoms with Gasteiger partial charge in [0.15, 0.2) is 10.9 Å². The Balaban J connectivity index is 1.43. The fourth-order valence-corrected chi connectivity index (χ4v) is 5.47. The van der Waals surface area contributed by atoms with Crippen LogP contribution >= 0.6 is 12.2 Å². The van der Waals surface area contributed by atoms with Crippen LogP contribution in [0.15, 0.2) is 55.0 Å². The maximum atomic E-state index is 14.8. The van der Waals surface area contributed by atoms with Crippen LogP contribution in [0.4, 0.5) is 21.6 Å². The van der Waals surface area contributed by atoms with Crippen molar-refractivity contribution in [3.8, 4) is 0 Å². The first-order valence-corrected chi connectivity index (χ1v) is 12.5. The summed E-state index contributed by atoms with van der Waals surface area (Å²) in [6.45, 7) is 9.00. The minimum Gasteiger partial charge on any atom is -0.360 e. The number of carbonyl (C=O) groups is 2. The number of hydrogen-bond acceptors (Lipinski definition) is 5. The third kappa shape index (κ3) is 4.27. The van der Waals surface area contributed by atoms with Gasteiger partial charge in [-0.25, -0.2) is 4.39 Å². The van der Waals surface area contributed by atoms with Gasteiger partial charge in [-0.1, -0.05) is 12.6 Å². The monoisotopic (exact) mass is 513 g/mol. The van der Waals surface area contributed by atoms with Crippen LogP contribution in [0.25, 0.3) is 4.85 Å². The van der Waals surface area contributed by atoms with Gasteiger partial charge >= 0.3 is 0 Å². The molecule has 1 amide bonds. The van der Waals surface area contributed by atoms with Crippen molar-refractivity contribution in [3.63, 3.8) is 0 Å². The zero-order valence-corrected chi connectivity index (χ0v) is 21.1. The second-order valence-corrected chi connectivity index (χ2v) is 9.76. The first-order chi connectivity index (χ1) is 17.9. The number of benzene rings is 1. The van der Waals surface area contributed by atoms with Crippen LogP contribution in [0.3, 0.4) is 0 Å². The molecule has 0 N–H and O–H groups in total. The lowest BCUT2D eigenvalue weighted by Gasteiger charge is -2.43. The van der Waals surface area contributed by atoms with Crippen molar-refractivity contribution < 1.29 is 14.0 Å². The molecule has 1 aliphatic heterocycles. The Kier molecular flexibility index (Phi) is 6.52. The number of ketones is 1. The van der Waals surface area contributed by atoms with Crippen molar-refractivity contribution >= 4 is 46.2 Å². The van der Waals surface area contributed by atoms with E-state index < -0.39 is 11.4 Å². The number of rotatable bonds is 7. The van der Waals surface area contributed by atoms with Crippen LogP contribution in [-0.4, -0.2) is 32.3 Å². The van der Waals surface area contributed by atoms with E-state index in [2.05, 4.69) is 14.8 Å². The zero-order valence-electron chi connectivity index (χ0n) is 20.3. The van der Waals surface area contributed by atoms with E-state index in [1.54, 1.807) is 36.4 Å². The van der Waals surface area contributed by atoms with Crippen molar-refractivity contribution in [3.05, 3.63) is 88.9 Å².